The molecule has 0 saturated heterocycles. The van der Waals surface area contributed by atoms with Crippen LogP contribution in [0.4, 0.5) is 0 Å². The fourth-order valence-corrected chi connectivity index (χ4v) is 2.44. The van der Waals surface area contributed by atoms with Gasteiger partial charge in [0.15, 0.2) is 0 Å². The highest BCUT2D eigenvalue weighted by Gasteiger charge is 2.21. The fraction of sp³-hybridized carbons (Fsp3) is 0.615. The molecule has 0 bridgehead atoms. The van der Waals surface area contributed by atoms with Crippen molar-refractivity contribution in [1.82, 2.24) is 9.88 Å². The van der Waals surface area contributed by atoms with Crippen LogP contribution in [-0.4, -0.2) is 25.4 Å². The minimum absolute atomic E-state index is 0.0356. The summed E-state index contributed by atoms with van der Waals surface area (Å²) in [7, 11) is 1.49. The van der Waals surface area contributed by atoms with E-state index in [1.54, 1.807) is 4.57 Å². The van der Waals surface area contributed by atoms with Crippen molar-refractivity contribution in [3.05, 3.63) is 18.0 Å². The lowest BCUT2D eigenvalue weighted by Crippen LogP contribution is -2.30. The second-order valence-electron chi connectivity index (χ2n) is 5.22. The Morgan fingerprint density at radius 3 is 2.45 bits per heavy atom. The number of rotatable bonds is 6. The molecule has 1 aromatic rings. The van der Waals surface area contributed by atoms with Gasteiger partial charge in [0.25, 0.3) is 15.0 Å². The van der Waals surface area contributed by atoms with Crippen LogP contribution in [0.5, 0.6) is 0 Å². The van der Waals surface area contributed by atoms with Gasteiger partial charge in [-0.05, 0) is 25.8 Å². The van der Waals surface area contributed by atoms with Crippen molar-refractivity contribution in [2.24, 2.45) is 5.92 Å². The standard InChI is InChI=1S/C13H21ClN2O3S/c1-5-10(4)7-15-13(17)12-6-11(20(14,18)19)8-16(12)9(2)3/h6,8-10H,5,7H2,1-4H3,(H,15,17). The number of carbonyl (C=O) groups is 1. The van der Waals surface area contributed by atoms with Crippen LogP contribution in [-0.2, 0) is 9.05 Å². The van der Waals surface area contributed by atoms with Crippen molar-refractivity contribution >= 4 is 25.6 Å². The summed E-state index contributed by atoms with van der Waals surface area (Å²) < 4.78 is 24.4. The van der Waals surface area contributed by atoms with E-state index in [4.69, 9.17) is 10.7 Å². The molecule has 0 aliphatic heterocycles. The number of halogens is 1. The van der Waals surface area contributed by atoms with Crippen LogP contribution in [0.2, 0.25) is 0 Å². The summed E-state index contributed by atoms with van der Waals surface area (Å²) in [6.07, 6.45) is 2.36. The van der Waals surface area contributed by atoms with E-state index in [0.29, 0.717) is 18.2 Å². The van der Waals surface area contributed by atoms with Crippen molar-refractivity contribution in [3.63, 3.8) is 0 Å². The second kappa shape index (κ2) is 6.63. The maximum atomic E-state index is 12.2. The second-order valence-corrected chi connectivity index (χ2v) is 7.79. The quantitative estimate of drug-likeness (QED) is 0.819. The van der Waals surface area contributed by atoms with Gasteiger partial charge in [-0.15, -0.1) is 0 Å². The van der Waals surface area contributed by atoms with Crippen molar-refractivity contribution in [1.29, 1.82) is 0 Å². The molecule has 5 nitrogen and oxygen atoms in total. The zero-order valence-corrected chi connectivity index (χ0v) is 13.8. The van der Waals surface area contributed by atoms with Crippen LogP contribution in [0, 0.1) is 5.92 Å². The minimum Gasteiger partial charge on any atom is -0.350 e. The van der Waals surface area contributed by atoms with E-state index in [9.17, 15) is 13.2 Å². The lowest BCUT2D eigenvalue weighted by molar-refractivity contribution is 0.0937. The Morgan fingerprint density at radius 1 is 1.40 bits per heavy atom. The average molecular weight is 321 g/mol. The summed E-state index contributed by atoms with van der Waals surface area (Å²) >= 11 is 0. The number of nitrogens with zero attached hydrogens (tertiary/aromatic N) is 1. The van der Waals surface area contributed by atoms with Gasteiger partial charge in [-0.3, -0.25) is 4.79 Å². The van der Waals surface area contributed by atoms with Crippen LogP contribution in [0.25, 0.3) is 0 Å². The molecule has 1 atom stereocenters. The summed E-state index contributed by atoms with van der Waals surface area (Å²) in [5, 5.41) is 2.81. The van der Waals surface area contributed by atoms with Gasteiger partial charge in [-0.1, -0.05) is 20.3 Å². The van der Waals surface area contributed by atoms with Gasteiger partial charge in [0.1, 0.15) is 10.6 Å². The molecule has 0 spiro atoms. The number of nitrogens with one attached hydrogen (secondary N) is 1. The molecule has 0 radical (unpaired) electrons. The minimum atomic E-state index is -3.84. The van der Waals surface area contributed by atoms with Crippen LogP contribution in [0.1, 0.15) is 50.6 Å². The Balaban J connectivity index is 3.04. The molecule has 0 aliphatic rings. The van der Waals surface area contributed by atoms with Gasteiger partial charge in [-0.25, -0.2) is 8.42 Å². The summed E-state index contributed by atoms with van der Waals surface area (Å²) in [6, 6.07) is 1.28. The zero-order chi connectivity index (χ0) is 15.5. The average Bonchev–Trinajstić information content (AvgIpc) is 2.80. The Labute approximate surface area is 124 Å². The van der Waals surface area contributed by atoms with Gasteiger partial charge in [0, 0.05) is 29.5 Å². The molecule has 114 valence electrons. The maximum absolute atomic E-state index is 12.2. The van der Waals surface area contributed by atoms with Gasteiger partial charge < -0.3 is 9.88 Å². The third-order valence-corrected chi connectivity index (χ3v) is 4.52. The third kappa shape index (κ3) is 4.24. The van der Waals surface area contributed by atoms with Crippen molar-refractivity contribution < 1.29 is 13.2 Å². The first-order chi connectivity index (χ1) is 9.16. The highest BCUT2D eigenvalue weighted by Crippen LogP contribution is 2.21. The molecule has 1 unspecified atom stereocenters. The molecule has 20 heavy (non-hydrogen) atoms. The first kappa shape index (κ1) is 17.0. The molecule has 1 heterocycles. The van der Waals surface area contributed by atoms with E-state index in [-0.39, 0.29) is 16.8 Å². The molecule has 0 aromatic carbocycles. The summed E-state index contributed by atoms with van der Waals surface area (Å²) in [5.74, 6) is 0.0863. The van der Waals surface area contributed by atoms with Crippen LogP contribution < -0.4 is 5.32 Å². The van der Waals surface area contributed by atoms with E-state index in [0.717, 1.165) is 6.42 Å². The largest absolute Gasteiger partial charge is 0.350 e. The topological polar surface area (TPSA) is 68.2 Å². The lowest BCUT2D eigenvalue weighted by Gasteiger charge is -2.14. The summed E-state index contributed by atoms with van der Waals surface area (Å²) in [5.41, 5.74) is 0.308. The predicted molar refractivity (Wildman–Crippen MR) is 79.6 cm³/mol. The van der Waals surface area contributed by atoms with E-state index >= 15 is 0 Å². The van der Waals surface area contributed by atoms with Gasteiger partial charge >= 0.3 is 0 Å². The van der Waals surface area contributed by atoms with Crippen LogP contribution in [0.15, 0.2) is 17.2 Å². The highest BCUT2D eigenvalue weighted by atomic mass is 35.7. The maximum Gasteiger partial charge on any atom is 0.267 e. The molecule has 1 aromatic heterocycles. The molecular formula is C13H21ClN2O3S. The smallest absolute Gasteiger partial charge is 0.267 e. The fourth-order valence-electron chi connectivity index (χ4n) is 1.70. The van der Waals surface area contributed by atoms with Crippen LogP contribution in [0.3, 0.4) is 0 Å². The van der Waals surface area contributed by atoms with Crippen molar-refractivity contribution in [3.8, 4) is 0 Å². The monoisotopic (exact) mass is 320 g/mol. The van der Waals surface area contributed by atoms with Gasteiger partial charge in [0.05, 0.1) is 0 Å². The zero-order valence-electron chi connectivity index (χ0n) is 12.2. The SMILES string of the molecule is CCC(C)CNC(=O)c1cc(S(=O)(=O)Cl)cn1C(C)C. The van der Waals surface area contributed by atoms with Crippen molar-refractivity contribution in [2.75, 3.05) is 6.54 Å². The highest BCUT2D eigenvalue weighted by molar-refractivity contribution is 8.13. The Bertz CT molecular complexity index is 578. The Morgan fingerprint density at radius 2 is 2.00 bits per heavy atom. The number of amides is 1. The molecule has 0 fully saturated rings. The number of hydrogen-bond acceptors (Lipinski definition) is 3. The van der Waals surface area contributed by atoms with E-state index in [2.05, 4.69) is 5.32 Å². The molecule has 0 aliphatic carbocycles. The Hall–Kier alpha value is -1.01. The molecule has 7 heteroatoms. The Kier molecular flexibility index (Phi) is 5.65. The summed E-state index contributed by atoms with van der Waals surface area (Å²) in [4.78, 5) is 12.1. The number of hydrogen-bond donors (Lipinski definition) is 1. The van der Waals surface area contributed by atoms with Gasteiger partial charge in [-0.2, -0.15) is 0 Å². The van der Waals surface area contributed by atoms with Crippen molar-refractivity contribution in [2.45, 2.75) is 45.1 Å². The molecular weight excluding hydrogens is 300 g/mol. The molecule has 1 rings (SSSR count). The molecule has 1 amide bonds. The van der Waals surface area contributed by atoms with E-state index in [1.165, 1.54) is 12.3 Å². The van der Waals surface area contributed by atoms with E-state index < -0.39 is 9.05 Å². The number of carbonyl (C=O) groups excluding carboxylic acids is 1. The summed E-state index contributed by atoms with van der Waals surface area (Å²) in [6.45, 7) is 8.38. The van der Waals surface area contributed by atoms with E-state index in [1.807, 2.05) is 27.7 Å². The first-order valence-electron chi connectivity index (χ1n) is 6.61. The molecule has 1 N–H and O–H groups in total. The number of aromatic nitrogens is 1. The third-order valence-electron chi connectivity index (χ3n) is 3.20. The van der Waals surface area contributed by atoms with Crippen LogP contribution >= 0.6 is 10.7 Å². The lowest BCUT2D eigenvalue weighted by atomic mass is 10.1. The molecule has 0 saturated carbocycles. The normalized spacial score (nSPS) is 13.5. The first-order valence-corrected chi connectivity index (χ1v) is 8.92. The van der Waals surface area contributed by atoms with Gasteiger partial charge in [0.2, 0.25) is 0 Å². The predicted octanol–water partition coefficient (Wildman–Crippen LogP) is 2.77.